The standard InChI is InChI=1S/C68H62N2O2/c1-39-33-47(34-40(2)43(39)5)69(59-25-15-23-53-49-21-11-13-27-63(49)71-67(53)59)61-37-57(45-17-7-8-18-45)51-30-32-56-62(38-58(46-19-9-10-20-46)52-29-31-55(61)65(51)66(52)56)70(48-35-41(3)44(6)42(4)36-48)60-26-16-24-54-50-22-12-14-28-64(50)72-68(54)60/h11,13-16,21,23-38,45-46H,7-10,12,17-20,22H2,1-6H3. The normalized spacial score (nSPS) is 15.5. The molecular formula is C68H62N2O2. The molecule has 14 rings (SSSR count). The lowest BCUT2D eigenvalue weighted by Gasteiger charge is -2.32. The topological polar surface area (TPSA) is 32.8 Å². The van der Waals surface area contributed by atoms with Crippen LogP contribution in [-0.4, -0.2) is 0 Å². The Morgan fingerprint density at radius 3 is 1.44 bits per heavy atom. The van der Waals surface area contributed by atoms with E-state index in [1.807, 2.05) is 0 Å². The number of aryl methyl sites for hydroxylation is 5. The van der Waals surface area contributed by atoms with Crippen LogP contribution in [-0.2, 0) is 6.42 Å². The molecule has 0 bridgehead atoms. The van der Waals surface area contributed by atoms with Gasteiger partial charge in [-0.25, -0.2) is 0 Å². The van der Waals surface area contributed by atoms with Crippen molar-refractivity contribution in [3.05, 3.63) is 183 Å². The molecule has 4 heteroatoms. The first kappa shape index (κ1) is 43.5. The molecule has 9 aromatic carbocycles. The van der Waals surface area contributed by atoms with Crippen molar-refractivity contribution >= 4 is 105 Å². The summed E-state index contributed by atoms with van der Waals surface area (Å²) in [5.41, 5.74) is 21.8. The second kappa shape index (κ2) is 16.6. The molecule has 4 nitrogen and oxygen atoms in total. The number of rotatable bonds is 8. The van der Waals surface area contributed by atoms with E-state index in [0.717, 1.165) is 63.2 Å². The summed E-state index contributed by atoms with van der Waals surface area (Å²) in [5.74, 6) is 1.94. The van der Waals surface area contributed by atoms with E-state index in [0.29, 0.717) is 11.8 Å². The summed E-state index contributed by atoms with van der Waals surface area (Å²) in [7, 11) is 0. The minimum absolute atomic E-state index is 0.471. The van der Waals surface area contributed by atoms with Crippen molar-refractivity contribution in [3.8, 4) is 0 Å². The summed E-state index contributed by atoms with van der Waals surface area (Å²) in [6.45, 7) is 13.6. The minimum atomic E-state index is 0.471. The van der Waals surface area contributed by atoms with Crippen LogP contribution in [0.5, 0.6) is 0 Å². The smallest absolute Gasteiger partial charge is 0.159 e. The first-order valence-corrected chi connectivity index (χ1v) is 26.9. The summed E-state index contributed by atoms with van der Waals surface area (Å²) < 4.78 is 14.0. The lowest BCUT2D eigenvalue weighted by molar-refractivity contribution is 0.596. The number of para-hydroxylation sites is 3. The van der Waals surface area contributed by atoms with Crippen molar-refractivity contribution in [1.82, 2.24) is 0 Å². The van der Waals surface area contributed by atoms with Crippen LogP contribution < -0.4 is 9.80 Å². The maximum absolute atomic E-state index is 7.02. The molecule has 0 radical (unpaired) electrons. The number of anilines is 6. The van der Waals surface area contributed by atoms with Gasteiger partial charge < -0.3 is 18.6 Å². The highest BCUT2D eigenvalue weighted by molar-refractivity contribution is 6.30. The Labute approximate surface area is 422 Å². The number of benzene rings is 9. The van der Waals surface area contributed by atoms with E-state index in [9.17, 15) is 0 Å². The monoisotopic (exact) mass is 938 g/mol. The number of furan rings is 2. The maximum atomic E-state index is 7.02. The molecule has 0 saturated heterocycles. The third-order valence-corrected chi connectivity index (χ3v) is 17.9. The van der Waals surface area contributed by atoms with Gasteiger partial charge in [0.25, 0.3) is 0 Å². The fourth-order valence-corrected chi connectivity index (χ4v) is 13.7. The third kappa shape index (κ3) is 6.56. The molecule has 2 aromatic heterocycles. The van der Waals surface area contributed by atoms with Crippen LogP contribution >= 0.6 is 0 Å². The second-order valence-corrected chi connectivity index (χ2v) is 21.9. The molecule has 72 heavy (non-hydrogen) atoms. The Hall–Kier alpha value is -7.30. The number of hydrogen-bond acceptors (Lipinski definition) is 4. The van der Waals surface area contributed by atoms with Gasteiger partial charge in [-0.15, -0.1) is 0 Å². The van der Waals surface area contributed by atoms with Crippen molar-refractivity contribution in [1.29, 1.82) is 0 Å². The molecule has 0 atom stereocenters. The predicted molar refractivity (Wildman–Crippen MR) is 305 cm³/mol. The highest BCUT2D eigenvalue weighted by Gasteiger charge is 2.32. The SMILES string of the molecule is Cc1cc(N(c2cc(C3CCCC3)c3ccc4c(N(c5cc(C)c(C)c(C)c5)c5cccc6c5oc5ccccc56)cc(C5CCCC5)c5ccc2c3c54)c2cccc3c4c(oc23)C=CCC4)cc(C)c1C. The summed E-state index contributed by atoms with van der Waals surface area (Å²) >= 11 is 0. The molecule has 3 aliphatic carbocycles. The molecule has 2 heterocycles. The van der Waals surface area contributed by atoms with Crippen LogP contribution in [0.4, 0.5) is 34.1 Å². The third-order valence-electron chi connectivity index (χ3n) is 17.9. The highest BCUT2D eigenvalue weighted by atomic mass is 16.3. The van der Waals surface area contributed by atoms with Gasteiger partial charge in [-0.3, -0.25) is 0 Å². The number of nitrogens with zero attached hydrogens (tertiary/aromatic N) is 2. The zero-order valence-electron chi connectivity index (χ0n) is 42.6. The van der Waals surface area contributed by atoms with E-state index < -0.39 is 0 Å². The number of hydrogen-bond donors (Lipinski definition) is 0. The molecule has 0 unspecified atom stereocenters. The maximum Gasteiger partial charge on any atom is 0.159 e. The van der Waals surface area contributed by atoms with Crippen molar-refractivity contribution in [3.63, 3.8) is 0 Å². The van der Waals surface area contributed by atoms with E-state index in [4.69, 9.17) is 8.83 Å². The van der Waals surface area contributed by atoms with Crippen molar-refractivity contribution in [2.75, 3.05) is 9.80 Å². The summed E-state index contributed by atoms with van der Waals surface area (Å²) in [6, 6.07) is 46.9. The average Bonchev–Trinajstić information content (AvgIpc) is 4.25. The Balaban J connectivity index is 1.13. The van der Waals surface area contributed by atoms with Crippen molar-refractivity contribution in [2.45, 2.75) is 118 Å². The van der Waals surface area contributed by atoms with Crippen LogP contribution in [0.3, 0.4) is 0 Å². The Morgan fingerprint density at radius 2 is 0.903 bits per heavy atom. The van der Waals surface area contributed by atoms with Gasteiger partial charge in [-0.2, -0.15) is 0 Å². The Morgan fingerprint density at radius 1 is 0.431 bits per heavy atom. The lowest BCUT2D eigenvalue weighted by Crippen LogP contribution is -2.14. The molecule has 3 aliphatic rings. The van der Waals surface area contributed by atoms with Gasteiger partial charge in [-0.1, -0.05) is 98.5 Å². The molecule has 0 amide bonds. The molecule has 11 aromatic rings. The molecule has 2 saturated carbocycles. The average molecular weight is 939 g/mol. The van der Waals surface area contributed by atoms with Gasteiger partial charge in [0.05, 0.1) is 22.7 Å². The van der Waals surface area contributed by atoms with E-state index >= 15 is 0 Å². The summed E-state index contributed by atoms with van der Waals surface area (Å²) in [6.07, 6.45) is 16.4. The van der Waals surface area contributed by atoms with Gasteiger partial charge >= 0.3 is 0 Å². The molecule has 356 valence electrons. The number of fused-ring (bicyclic) bond motifs is 6. The first-order chi connectivity index (χ1) is 35.2. The van der Waals surface area contributed by atoms with Gasteiger partial charge in [-0.05, 0) is 219 Å². The Kier molecular flexibility index (Phi) is 10.0. The van der Waals surface area contributed by atoms with E-state index in [-0.39, 0.29) is 0 Å². The zero-order valence-corrected chi connectivity index (χ0v) is 42.6. The Bertz CT molecular complexity index is 3990. The molecule has 0 N–H and O–H groups in total. The highest BCUT2D eigenvalue weighted by Crippen LogP contribution is 2.55. The van der Waals surface area contributed by atoms with Crippen LogP contribution in [0, 0.1) is 41.5 Å². The fourth-order valence-electron chi connectivity index (χ4n) is 13.7. The molecular weight excluding hydrogens is 877 g/mol. The summed E-state index contributed by atoms with van der Waals surface area (Å²) in [5, 5.41) is 11.6. The molecule has 0 aliphatic heterocycles. The lowest BCUT2D eigenvalue weighted by atomic mass is 9.82. The van der Waals surface area contributed by atoms with Crippen molar-refractivity contribution < 1.29 is 8.83 Å². The van der Waals surface area contributed by atoms with E-state index in [2.05, 4.69) is 185 Å². The van der Waals surface area contributed by atoms with Gasteiger partial charge in [0, 0.05) is 43.9 Å². The van der Waals surface area contributed by atoms with Gasteiger partial charge in [0.2, 0.25) is 0 Å². The van der Waals surface area contributed by atoms with Crippen molar-refractivity contribution in [2.24, 2.45) is 0 Å². The van der Waals surface area contributed by atoms with Gasteiger partial charge in [0.1, 0.15) is 11.3 Å². The number of allylic oxidation sites excluding steroid dienone is 1. The quantitative estimate of drug-likeness (QED) is 0.142. The van der Waals surface area contributed by atoms with Crippen LogP contribution in [0.15, 0.2) is 136 Å². The van der Waals surface area contributed by atoms with Crippen LogP contribution in [0.2, 0.25) is 0 Å². The van der Waals surface area contributed by atoms with Crippen LogP contribution in [0.1, 0.15) is 125 Å². The fraction of sp³-hybridized carbons (Fsp3) is 0.265. The predicted octanol–water partition coefficient (Wildman–Crippen LogP) is 20.3. The second-order valence-electron chi connectivity index (χ2n) is 21.9. The first-order valence-electron chi connectivity index (χ1n) is 26.9. The van der Waals surface area contributed by atoms with E-state index in [1.165, 1.54) is 156 Å². The van der Waals surface area contributed by atoms with Gasteiger partial charge in [0.15, 0.2) is 11.2 Å². The largest absolute Gasteiger partial charge is 0.454 e. The zero-order chi connectivity index (χ0) is 48.5. The summed E-state index contributed by atoms with van der Waals surface area (Å²) in [4.78, 5) is 5.14. The molecule has 0 spiro atoms. The van der Waals surface area contributed by atoms with E-state index in [1.54, 1.807) is 0 Å². The molecule has 2 fully saturated rings. The van der Waals surface area contributed by atoms with Crippen LogP contribution in [0.25, 0.3) is 71.3 Å². The minimum Gasteiger partial charge on any atom is -0.454 e.